The average Bonchev–Trinajstić information content (AvgIpc) is 3.19. The highest BCUT2D eigenvalue weighted by Gasteiger charge is 2.19. The van der Waals surface area contributed by atoms with Crippen LogP contribution >= 0.6 is 0 Å². The van der Waals surface area contributed by atoms with E-state index in [1.165, 1.54) is 186 Å². The Labute approximate surface area is 348 Å². The highest BCUT2D eigenvalue weighted by atomic mass is 16.6. The van der Waals surface area contributed by atoms with E-state index >= 15 is 0 Å². The minimum absolute atomic E-state index is 0.0628. The van der Waals surface area contributed by atoms with Crippen molar-refractivity contribution in [1.29, 1.82) is 0 Å². The van der Waals surface area contributed by atoms with Gasteiger partial charge in [0.1, 0.15) is 13.2 Å². The lowest BCUT2D eigenvalue weighted by Crippen LogP contribution is -2.30. The second kappa shape index (κ2) is 46.1. The lowest BCUT2D eigenvalue weighted by atomic mass is 10.0. The number of ether oxygens (including phenoxy) is 3. The summed E-state index contributed by atoms with van der Waals surface area (Å²) in [5.41, 5.74) is 0. The summed E-state index contributed by atoms with van der Waals surface area (Å²) in [6, 6.07) is 0. The van der Waals surface area contributed by atoms with E-state index in [0.29, 0.717) is 19.3 Å². The molecule has 6 nitrogen and oxygen atoms in total. The zero-order chi connectivity index (χ0) is 40.8. The Morgan fingerprint density at radius 3 is 0.714 bits per heavy atom. The van der Waals surface area contributed by atoms with Crippen molar-refractivity contribution in [1.82, 2.24) is 0 Å². The maximum Gasteiger partial charge on any atom is 0.306 e. The van der Waals surface area contributed by atoms with E-state index in [4.69, 9.17) is 14.2 Å². The number of unbranched alkanes of at least 4 members (excludes halogenated alkanes) is 35. The molecule has 0 fully saturated rings. The second-order valence-electron chi connectivity index (χ2n) is 17.1. The standard InChI is InChI=1S/C50H96O6/c1-4-7-10-13-16-18-20-22-24-25-26-27-29-30-32-34-37-40-43-49(52)55-46-47(45-54-48(51)42-39-36-15-12-9-6-3)56-50(53)44-41-38-35-33-31-28-23-21-19-17-14-11-8-5-2/h47H,4-46H2,1-3H3. The van der Waals surface area contributed by atoms with Crippen LogP contribution in [0, 0.1) is 0 Å². The van der Waals surface area contributed by atoms with Crippen LogP contribution in [0.3, 0.4) is 0 Å². The highest BCUT2D eigenvalue weighted by Crippen LogP contribution is 2.17. The van der Waals surface area contributed by atoms with E-state index in [0.717, 1.165) is 57.8 Å². The van der Waals surface area contributed by atoms with Gasteiger partial charge in [0.15, 0.2) is 6.10 Å². The number of carbonyl (C=O) groups is 3. The number of rotatable bonds is 46. The smallest absolute Gasteiger partial charge is 0.306 e. The van der Waals surface area contributed by atoms with Crippen molar-refractivity contribution in [3.8, 4) is 0 Å². The van der Waals surface area contributed by atoms with E-state index in [1.807, 2.05) is 0 Å². The molecular weight excluding hydrogens is 697 g/mol. The van der Waals surface area contributed by atoms with Crippen LogP contribution in [0.25, 0.3) is 0 Å². The van der Waals surface area contributed by atoms with Crippen LogP contribution in [0.2, 0.25) is 0 Å². The third-order valence-corrected chi connectivity index (χ3v) is 11.4. The van der Waals surface area contributed by atoms with Gasteiger partial charge in [0.05, 0.1) is 0 Å². The normalized spacial score (nSPS) is 11.8. The van der Waals surface area contributed by atoms with Gasteiger partial charge in [-0.15, -0.1) is 0 Å². The number of hydrogen-bond acceptors (Lipinski definition) is 6. The van der Waals surface area contributed by atoms with Crippen LogP contribution in [0.15, 0.2) is 0 Å². The molecule has 0 amide bonds. The van der Waals surface area contributed by atoms with E-state index in [1.54, 1.807) is 0 Å². The molecular formula is C50H96O6. The van der Waals surface area contributed by atoms with Gasteiger partial charge in [-0.25, -0.2) is 0 Å². The topological polar surface area (TPSA) is 78.9 Å². The summed E-state index contributed by atoms with van der Waals surface area (Å²) < 4.78 is 16.7. The summed E-state index contributed by atoms with van der Waals surface area (Å²) in [6.45, 7) is 6.62. The van der Waals surface area contributed by atoms with Gasteiger partial charge in [0.25, 0.3) is 0 Å². The van der Waals surface area contributed by atoms with Crippen LogP contribution in [-0.2, 0) is 28.6 Å². The Bertz CT molecular complexity index is 828. The summed E-state index contributed by atoms with van der Waals surface area (Å²) in [5, 5.41) is 0. The summed E-state index contributed by atoms with van der Waals surface area (Å²) in [7, 11) is 0. The van der Waals surface area contributed by atoms with Gasteiger partial charge in [-0.1, -0.05) is 245 Å². The van der Waals surface area contributed by atoms with Crippen molar-refractivity contribution < 1.29 is 28.6 Å². The maximum atomic E-state index is 12.7. The predicted octanol–water partition coefficient (Wildman–Crippen LogP) is 16.0. The first-order chi connectivity index (χ1) is 27.5. The molecule has 1 unspecified atom stereocenters. The summed E-state index contributed by atoms with van der Waals surface area (Å²) in [6.07, 6.45) is 48.2. The van der Waals surface area contributed by atoms with Crippen LogP contribution < -0.4 is 0 Å². The largest absolute Gasteiger partial charge is 0.462 e. The fraction of sp³-hybridized carbons (Fsp3) is 0.940. The molecule has 1 atom stereocenters. The molecule has 0 aliphatic carbocycles. The van der Waals surface area contributed by atoms with Crippen molar-refractivity contribution in [2.24, 2.45) is 0 Å². The summed E-state index contributed by atoms with van der Waals surface area (Å²) >= 11 is 0. The molecule has 0 N–H and O–H groups in total. The molecule has 56 heavy (non-hydrogen) atoms. The summed E-state index contributed by atoms with van der Waals surface area (Å²) in [5.74, 6) is -0.855. The van der Waals surface area contributed by atoms with E-state index in [-0.39, 0.29) is 31.1 Å². The fourth-order valence-electron chi connectivity index (χ4n) is 7.56. The first-order valence-electron chi connectivity index (χ1n) is 25.0. The van der Waals surface area contributed by atoms with Crippen LogP contribution in [0.5, 0.6) is 0 Å². The predicted molar refractivity (Wildman–Crippen MR) is 238 cm³/mol. The molecule has 0 bridgehead atoms. The van der Waals surface area contributed by atoms with Gasteiger partial charge in [0, 0.05) is 19.3 Å². The molecule has 0 saturated carbocycles. The van der Waals surface area contributed by atoms with Crippen LogP contribution in [-0.4, -0.2) is 37.2 Å². The van der Waals surface area contributed by atoms with Gasteiger partial charge in [-0.2, -0.15) is 0 Å². The maximum absolute atomic E-state index is 12.7. The molecule has 6 heteroatoms. The molecule has 0 aromatic heterocycles. The molecule has 0 spiro atoms. The molecule has 0 aliphatic heterocycles. The van der Waals surface area contributed by atoms with Gasteiger partial charge in [-0.3, -0.25) is 14.4 Å². The first kappa shape index (κ1) is 54.4. The lowest BCUT2D eigenvalue weighted by Gasteiger charge is -2.18. The van der Waals surface area contributed by atoms with E-state index in [9.17, 15) is 14.4 Å². The third kappa shape index (κ3) is 43.5. The minimum atomic E-state index is -0.757. The van der Waals surface area contributed by atoms with E-state index < -0.39 is 6.10 Å². The molecule has 0 saturated heterocycles. The quantitative estimate of drug-likeness (QED) is 0.0347. The average molecular weight is 793 g/mol. The minimum Gasteiger partial charge on any atom is -0.462 e. The van der Waals surface area contributed by atoms with Crippen LogP contribution in [0.4, 0.5) is 0 Å². The third-order valence-electron chi connectivity index (χ3n) is 11.4. The Balaban J connectivity index is 4.15. The van der Waals surface area contributed by atoms with E-state index in [2.05, 4.69) is 20.8 Å². The Morgan fingerprint density at radius 2 is 0.482 bits per heavy atom. The molecule has 0 aromatic rings. The Morgan fingerprint density at radius 1 is 0.286 bits per heavy atom. The fourth-order valence-corrected chi connectivity index (χ4v) is 7.56. The van der Waals surface area contributed by atoms with Crippen molar-refractivity contribution in [3.63, 3.8) is 0 Å². The number of hydrogen-bond donors (Lipinski definition) is 0. The lowest BCUT2D eigenvalue weighted by molar-refractivity contribution is -0.167. The first-order valence-corrected chi connectivity index (χ1v) is 25.0. The molecule has 332 valence electrons. The molecule has 0 radical (unpaired) electrons. The van der Waals surface area contributed by atoms with Gasteiger partial charge >= 0.3 is 17.9 Å². The molecule has 0 rings (SSSR count). The van der Waals surface area contributed by atoms with Crippen molar-refractivity contribution in [2.45, 2.75) is 290 Å². The second-order valence-corrected chi connectivity index (χ2v) is 17.1. The Kier molecular flexibility index (Phi) is 44.8. The van der Waals surface area contributed by atoms with Crippen molar-refractivity contribution in [3.05, 3.63) is 0 Å². The van der Waals surface area contributed by atoms with Gasteiger partial charge < -0.3 is 14.2 Å². The zero-order valence-corrected chi connectivity index (χ0v) is 37.9. The van der Waals surface area contributed by atoms with Gasteiger partial charge in [0.2, 0.25) is 0 Å². The monoisotopic (exact) mass is 793 g/mol. The van der Waals surface area contributed by atoms with Crippen LogP contribution in [0.1, 0.15) is 284 Å². The highest BCUT2D eigenvalue weighted by molar-refractivity contribution is 5.71. The summed E-state index contributed by atoms with van der Waals surface area (Å²) in [4.78, 5) is 37.7. The zero-order valence-electron chi connectivity index (χ0n) is 37.9. The van der Waals surface area contributed by atoms with Crippen molar-refractivity contribution in [2.75, 3.05) is 13.2 Å². The molecule has 0 aliphatic rings. The molecule has 0 aromatic carbocycles. The number of esters is 3. The Hall–Kier alpha value is -1.59. The molecule has 0 heterocycles. The van der Waals surface area contributed by atoms with Gasteiger partial charge in [-0.05, 0) is 19.3 Å². The van der Waals surface area contributed by atoms with Crippen molar-refractivity contribution >= 4 is 17.9 Å². The SMILES string of the molecule is CCCCCCCCCCCCCCCCCCCCC(=O)OCC(COC(=O)CCCCCCCC)OC(=O)CCCCCCCCCCCCCCCC. The number of carbonyl (C=O) groups excluding carboxylic acids is 3.